The van der Waals surface area contributed by atoms with E-state index in [-0.39, 0.29) is 6.42 Å². The van der Waals surface area contributed by atoms with Gasteiger partial charge in [-0.15, -0.1) is 0 Å². The van der Waals surface area contributed by atoms with Crippen LogP contribution in [0.5, 0.6) is 0 Å². The number of carbonyl (C=O) groups is 1. The summed E-state index contributed by atoms with van der Waals surface area (Å²) in [6.45, 7) is 5.22. The molecule has 90 valence electrons. The number of rotatable bonds is 6. The first-order valence-corrected chi connectivity index (χ1v) is 5.52. The van der Waals surface area contributed by atoms with E-state index in [0.29, 0.717) is 5.92 Å². The van der Waals surface area contributed by atoms with Gasteiger partial charge in [-0.1, -0.05) is 20.3 Å². The number of aromatic nitrogens is 2. The average molecular weight is 225 g/mol. The van der Waals surface area contributed by atoms with Gasteiger partial charge in [0.1, 0.15) is 6.04 Å². The van der Waals surface area contributed by atoms with Crippen LogP contribution in [-0.2, 0) is 17.8 Å². The van der Waals surface area contributed by atoms with E-state index in [2.05, 4.69) is 18.8 Å². The second-order valence-electron chi connectivity index (χ2n) is 4.22. The van der Waals surface area contributed by atoms with E-state index in [1.165, 1.54) is 0 Å². The maximum Gasteiger partial charge on any atom is 0.320 e. The Balaban J connectivity index is 2.54. The molecule has 1 rings (SSSR count). The smallest absolute Gasteiger partial charge is 0.320 e. The van der Waals surface area contributed by atoms with Gasteiger partial charge in [-0.3, -0.25) is 4.79 Å². The van der Waals surface area contributed by atoms with Crippen molar-refractivity contribution in [2.45, 2.75) is 39.3 Å². The first-order chi connectivity index (χ1) is 7.52. The number of imidazole rings is 1. The minimum Gasteiger partial charge on any atom is -0.480 e. The van der Waals surface area contributed by atoms with E-state index < -0.39 is 12.0 Å². The molecule has 5 nitrogen and oxygen atoms in total. The van der Waals surface area contributed by atoms with Crippen molar-refractivity contribution in [2.75, 3.05) is 0 Å². The standard InChI is InChI=1S/C11H19N3O2/c1-3-8(2)5-14-6-9(13-7-14)4-10(12)11(15)16/h6-8,10H,3-5,12H2,1-2H3,(H,15,16)/t8?,10-/m0/s1. The molecule has 16 heavy (non-hydrogen) atoms. The molecule has 5 heteroatoms. The van der Waals surface area contributed by atoms with Gasteiger partial charge in [0.05, 0.1) is 12.0 Å². The van der Waals surface area contributed by atoms with Gasteiger partial charge < -0.3 is 15.4 Å². The van der Waals surface area contributed by atoms with E-state index in [4.69, 9.17) is 10.8 Å². The van der Waals surface area contributed by atoms with Gasteiger partial charge in [0.15, 0.2) is 0 Å². The highest BCUT2D eigenvalue weighted by atomic mass is 16.4. The molecule has 0 radical (unpaired) electrons. The monoisotopic (exact) mass is 225 g/mol. The lowest BCUT2D eigenvalue weighted by molar-refractivity contribution is -0.138. The van der Waals surface area contributed by atoms with Crippen LogP contribution in [0.1, 0.15) is 26.0 Å². The minimum absolute atomic E-state index is 0.281. The van der Waals surface area contributed by atoms with Crippen LogP contribution in [0.3, 0.4) is 0 Å². The molecule has 0 aromatic carbocycles. The second-order valence-corrected chi connectivity index (χ2v) is 4.22. The predicted octanol–water partition coefficient (Wildman–Crippen LogP) is 0.884. The number of hydrogen-bond donors (Lipinski definition) is 2. The number of aliphatic carboxylic acids is 1. The van der Waals surface area contributed by atoms with Crippen molar-refractivity contribution in [2.24, 2.45) is 11.7 Å². The molecule has 0 saturated carbocycles. The molecule has 1 unspecified atom stereocenters. The maximum atomic E-state index is 10.6. The molecule has 0 amide bonds. The lowest BCUT2D eigenvalue weighted by atomic mass is 10.1. The highest BCUT2D eigenvalue weighted by Gasteiger charge is 2.13. The van der Waals surface area contributed by atoms with E-state index >= 15 is 0 Å². The highest BCUT2D eigenvalue weighted by Crippen LogP contribution is 2.07. The van der Waals surface area contributed by atoms with Crippen LogP contribution in [0.15, 0.2) is 12.5 Å². The normalized spacial score (nSPS) is 14.7. The molecule has 0 bridgehead atoms. The van der Waals surface area contributed by atoms with Crippen molar-refractivity contribution < 1.29 is 9.90 Å². The van der Waals surface area contributed by atoms with Crippen LogP contribution in [0, 0.1) is 5.92 Å². The molecule has 1 aromatic heterocycles. The van der Waals surface area contributed by atoms with Crippen LogP contribution in [0.2, 0.25) is 0 Å². The third-order valence-corrected chi connectivity index (χ3v) is 2.65. The van der Waals surface area contributed by atoms with E-state index in [1.54, 1.807) is 6.33 Å². The van der Waals surface area contributed by atoms with E-state index in [1.807, 2.05) is 10.8 Å². The lowest BCUT2D eigenvalue weighted by Gasteiger charge is -2.08. The number of hydrogen-bond acceptors (Lipinski definition) is 3. The van der Waals surface area contributed by atoms with Gasteiger partial charge in [0.2, 0.25) is 0 Å². The molecule has 0 saturated heterocycles. The van der Waals surface area contributed by atoms with Crippen LogP contribution >= 0.6 is 0 Å². The quantitative estimate of drug-likeness (QED) is 0.753. The summed E-state index contributed by atoms with van der Waals surface area (Å²) in [6.07, 6.45) is 5.00. The number of carboxylic acids is 1. The van der Waals surface area contributed by atoms with Gasteiger partial charge in [-0.2, -0.15) is 0 Å². The lowest BCUT2D eigenvalue weighted by Crippen LogP contribution is -2.32. The summed E-state index contributed by atoms with van der Waals surface area (Å²) >= 11 is 0. The topological polar surface area (TPSA) is 81.1 Å². The fraction of sp³-hybridized carbons (Fsp3) is 0.636. The summed E-state index contributed by atoms with van der Waals surface area (Å²) in [4.78, 5) is 14.7. The third kappa shape index (κ3) is 3.66. The summed E-state index contributed by atoms with van der Waals surface area (Å²) in [5, 5.41) is 8.67. The molecular weight excluding hydrogens is 206 g/mol. The summed E-state index contributed by atoms with van der Waals surface area (Å²) in [5.74, 6) is -0.397. The second kappa shape index (κ2) is 5.65. The summed E-state index contributed by atoms with van der Waals surface area (Å²) < 4.78 is 1.98. The zero-order chi connectivity index (χ0) is 12.1. The SMILES string of the molecule is CCC(C)Cn1cnc(C[C@H](N)C(=O)O)c1. The Kier molecular flexibility index (Phi) is 4.49. The molecule has 0 aliphatic carbocycles. The van der Waals surface area contributed by atoms with Crippen LogP contribution in [0.25, 0.3) is 0 Å². The Morgan fingerprint density at radius 3 is 2.94 bits per heavy atom. The van der Waals surface area contributed by atoms with Crippen molar-refractivity contribution >= 4 is 5.97 Å². The summed E-state index contributed by atoms with van der Waals surface area (Å²) in [7, 11) is 0. The molecule has 1 heterocycles. The first kappa shape index (κ1) is 12.7. The Labute approximate surface area is 95.3 Å². The number of nitrogens with two attached hydrogens (primary N) is 1. The molecule has 2 atom stereocenters. The minimum atomic E-state index is -0.989. The molecule has 0 aliphatic heterocycles. The van der Waals surface area contributed by atoms with E-state index in [9.17, 15) is 4.79 Å². The molecule has 3 N–H and O–H groups in total. The average Bonchev–Trinajstić information content (AvgIpc) is 2.65. The Morgan fingerprint density at radius 2 is 2.38 bits per heavy atom. The fourth-order valence-corrected chi connectivity index (χ4v) is 1.41. The molecule has 0 fully saturated rings. The zero-order valence-electron chi connectivity index (χ0n) is 9.76. The van der Waals surface area contributed by atoms with Gasteiger partial charge in [-0.25, -0.2) is 4.98 Å². The number of nitrogens with zero attached hydrogens (tertiary/aromatic N) is 2. The fourth-order valence-electron chi connectivity index (χ4n) is 1.41. The highest BCUT2D eigenvalue weighted by molar-refractivity contribution is 5.73. The molecule has 1 aromatic rings. The number of carboxylic acid groups (broad SMARTS) is 1. The van der Waals surface area contributed by atoms with Gasteiger partial charge in [0.25, 0.3) is 0 Å². The largest absolute Gasteiger partial charge is 0.480 e. The maximum absolute atomic E-state index is 10.6. The van der Waals surface area contributed by atoms with Gasteiger partial charge in [-0.05, 0) is 5.92 Å². The van der Waals surface area contributed by atoms with Crippen molar-refractivity contribution in [3.63, 3.8) is 0 Å². The Morgan fingerprint density at radius 1 is 1.69 bits per heavy atom. The van der Waals surface area contributed by atoms with Crippen molar-refractivity contribution in [3.8, 4) is 0 Å². The molecular formula is C11H19N3O2. The predicted molar refractivity (Wildman–Crippen MR) is 61.0 cm³/mol. The molecule has 0 spiro atoms. The van der Waals surface area contributed by atoms with Crippen LogP contribution < -0.4 is 5.73 Å². The zero-order valence-corrected chi connectivity index (χ0v) is 9.76. The van der Waals surface area contributed by atoms with Crippen molar-refractivity contribution in [3.05, 3.63) is 18.2 Å². The summed E-state index contributed by atoms with van der Waals surface area (Å²) in [6, 6.07) is -0.869. The molecule has 0 aliphatic rings. The van der Waals surface area contributed by atoms with Crippen LogP contribution in [0.4, 0.5) is 0 Å². The van der Waals surface area contributed by atoms with Crippen molar-refractivity contribution in [1.82, 2.24) is 9.55 Å². The van der Waals surface area contributed by atoms with Crippen LogP contribution in [-0.4, -0.2) is 26.7 Å². The first-order valence-electron chi connectivity index (χ1n) is 5.52. The van der Waals surface area contributed by atoms with E-state index in [0.717, 1.165) is 18.7 Å². The van der Waals surface area contributed by atoms with Crippen molar-refractivity contribution in [1.29, 1.82) is 0 Å². The summed E-state index contributed by atoms with van der Waals surface area (Å²) in [5.41, 5.74) is 6.17. The Hall–Kier alpha value is -1.36. The van der Waals surface area contributed by atoms with Gasteiger partial charge >= 0.3 is 5.97 Å². The third-order valence-electron chi connectivity index (χ3n) is 2.65. The Bertz CT molecular complexity index is 349. The van der Waals surface area contributed by atoms with Gasteiger partial charge in [0, 0.05) is 19.2 Å².